The molecular weight excluding hydrogens is 144 g/mol. The van der Waals surface area contributed by atoms with Crippen LogP contribution in [0.3, 0.4) is 0 Å². The van der Waals surface area contributed by atoms with Gasteiger partial charge in [0.05, 0.1) is 0 Å². The van der Waals surface area contributed by atoms with Gasteiger partial charge >= 0.3 is 0 Å². The molecule has 0 N–H and O–H groups in total. The van der Waals surface area contributed by atoms with Gasteiger partial charge in [-0.3, -0.25) is 0 Å². The van der Waals surface area contributed by atoms with Gasteiger partial charge in [0.2, 0.25) is 0 Å². The Bertz CT molecular complexity index is 196. The van der Waals surface area contributed by atoms with E-state index < -0.39 is 0 Å². The van der Waals surface area contributed by atoms with E-state index in [2.05, 4.69) is 32.9 Å². The van der Waals surface area contributed by atoms with Gasteiger partial charge in [-0.1, -0.05) is 44.1 Å². The maximum absolute atomic E-state index is 2.46. The highest BCUT2D eigenvalue weighted by Gasteiger charge is 2.11. The monoisotopic (exact) mass is 164 g/mol. The van der Waals surface area contributed by atoms with Gasteiger partial charge in [-0.25, -0.2) is 0 Å². The van der Waals surface area contributed by atoms with Crippen molar-refractivity contribution in [3.05, 3.63) is 23.3 Å². The van der Waals surface area contributed by atoms with E-state index in [0.29, 0.717) is 0 Å². The van der Waals surface area contributed by atoms with Crippen molar-refractivity contribution >= 4 is 0 Å². The quantitative estimate of drug-likeness (QED) is 0.589. The van der Waals surface area contributed by atoms with Gasteiger partial charge in [0.1, 0.15) is 0 Å². The summed E-state index contributed by atoms with van der Waals surface area (Å²) in [5.41, 5.74) is 3.19. The van der Waals surface area contributed by atoms with Crippen LogP contribution in [-0.2, 0) is 0 Å². The van der Waals surface area contributed by atoms with Crippen LogP contribution in [0.15, 0.2) is 23.3 Å². The Hall–Kier alpha value is -0.520. The van der Waals surface area contributed by atoms with Gasteiger partial charge in [-0.05, 0) is 31.6 Å². The van der Waals surface area contributed by atoms with Crippen LogP contribution < -0.4 is 0 Å². The highest BCUT2D eigenvalue weighted by atomic mass is 14.2. The van der Waals surface area contributed by atoms with Crippen molar-refractivity contribution in [2.24, 2.45) is 5.92 Å². The summed E-state index contributed by atoms with van der Waals surface area (Å²) in [5, 5.41) is 0. The highest BCUT2D eigenvalue weighted by molar-refractivity contribution is 5.28. The fourth-order valence-electron chi connectivity index (χ4n) is 1.80. The Kier molecular flexibility index (Phi) is 3.58. The number of rotatable bonds is 3. The maximum Gasteiger partial charge on any atom is -0.0193 e. The van der Waals surface area contributed by atoms with Crippen molar-refractivity contribution in [2.75, 3.05) is 0 Å². The van der Waals surface area contributed by atoms with Gasteiger partial charge in [0.25, 0.3) is 0 Å². The van der Waals surface area contributed by atoms with E-state index in [1.165, 1.54) is 25.7 Å². The van der Waals surface area contributed by atoms with Gasteiger partial charge in [0.15, 0.2) is 0 Å². The topological polar surface area (TPSA) is 0 Å². The largest absolute Gasteiger partial charge is 0.0779 e. The summed E-state index contributed by atoms with van der Waals surface area (Å²) in [7, 11) is 0. The summed E-state index contributed by atoms with van der Waals surface area (Å²) in [5.74, 6) is 0.819. The van der Waals surface area contributed by atoms with Crippen LogP contribution >= 0.6 is 0 Å². The molecule has 1 rings (SSSR count). The van der Waals surface area contributed by atoms with Crippen LogP contribution in [-0.4, -0.2) is 0 Å². The first-order valence-corrected chi connectivity index (χ1v) is 5.20. The van der Waals surface area contributed by atoms with Crippen LogP contribution in [0.1, 0.15) is 46.5 Å². The molecule has 1 unspecified atom stereocenters. The number of allylic oxidation sites excluding steroid dienone is 4. The lowest BCUT2D eigenvalue weighted by molar-refractivity contribution is 0.596. The molecule has 0 radical (unpaired) electrons. The molecular formula is C12H20. The molecule has 1 aliphatic rings. The molecule has 0 nitrogen and oxygen atoms in total. The average molecular weight is 164 g/mol. The second-order valence-electron chi connectivity index (χ2n) is 3.62. The first-order chi connectivity index (χ1) is 5.80. The molecule has 0 aromatic carbocycles. The molecule has 0 saturated heterocycles. The normalized spacial score (nSPS) is 23.4. The number of hydrogen-bond donors (Lipinski definition) is 0. The molecule has 0 aliphatic heterocycles. The Balaban J connectivity index is 2.70. The lowest BCUT2D eigenvalue weighted by atomic mass is 9.87. The predicted octanol–water partition coefficient (Wildman–Crippen LogP) is 4.09. The van der Waals surface area contributed by atoms with Crippen LogP contribution in [0.4, 0.5) is 0 Å². The van der Waals surface area contributed by atoms with Crippen molar-refractivity contribution in [1.29, 1.82) is 0 Å². The summed E-state index contributed by atoms with van der Waals surface area (Å²) in [6, 6.07) is 0. The predicted molar refractivity (Wildman–Crippen MR) is 55.1 cm³/mol. The van der Waals surface area contributed by atoms with E-state index in [4.69, 9.17) is 0 Å². The van der Waals surface area contributed by atoms with Crippen LogP contribution in [0.25, 0.3) is 0 Å². The first kappa shape index (κ1) is 9.57. The molecule has 68 valence electrons. The van der Waals surface area contributed by atoms with Crippen LogP contribution in [0.5, 0.6) is 0 Å². The zero-order chi connectivity index (χ0) is 8.97. The minimum Gasteiger partial charge on any atom is -0.0779 e. The van der Waals surface area contributed by atoms with E-state index in [1.54, 1.807) is 11.1 Å². The minimum atomic E-state index is 0.819. The van der Waals surface area contributed by atoms with Crippen molar-refractivity contribution < 1.29 is 0 Å². The fourth-order valence-corrected chi connectivity index (χ4v) is 1.80. The molecule has 1 aliphatic carbocycles. The highest BCUT2D eigenvalue weighted by Crippen LogP contribution is 2.27. The molecule has 0 aromatic heterocycles. The molecule has 0 bridgehead atoms. The average Bonchev–Trinajstić information content (AvgIpc) is 2.16. The smallest absolute Gasteiger partial charge is 0.0193 e. The minimum absolute atomic E-state index is 0.819. The standard InChI is InChI=1S/C12H20/c1-4-10-7-11(5-2)9-12(6-3)8-10/h7-8,11H,4-6,9H2,1-3H3. The summed E-state index contributed by atoms with van der Waals surface area (Å²) in [6.45, 7) is 6.79. The summed E-state index contributed by atoms with van der Waals surface area (Å²) < 4.78 is 0. The van der Waals surface area contributed by atoms with E-state index >= 15 is 0 Å². The molecule has 0 fully saturated rings. The molecule has 0 amide bonds. The summed E-state index contributed by atoms with van der Waals surface area (Å²) in [4.78, 5) is 0. The fraction of sp³-hybridized carbons (Fsp3) is 0.667. The maximum atomic E-state index is 2.46. The Labute approximate surface area is 76.4 Å². The second kappa shape index (κ2) is 4.49. The van der Waals surface area contributed by atoms with Crippen molar-refractivity contribution in [3.63, 3.8) is 0 Å². The number of hydrogen-bond acceptors (Lipinski definition) is 0. The molecule has 0 aromatic rings. The van der Waals surface area contributed by atoms with E-state index in [0.717, 1.165) is 5.92 Å². The SMILES string of the molecule is CCC1=CC(CC)CC(CC)=C1. The summed E-state index contributed by atoms with van der Waals surface area (Å²) >= 11 is 0. The zero-order valence-corrected chi connectivity index (χ0v) is 8.56. The van der Waals surface area contributed by atoms with Gasteiger partial charge < -0.3 is 0 Å². The van der Waals surface area contributed by atoms with E-state index in [-0.39, 0.29) is 0 Å². The first-order valence-electron chi connectivity index (χ1n) is 5.20. The van der Waals surface area contributed by atoms with E-state index in [9.17, 15) is 0 Å². The van der Waals surface area contributed by atoms with Gasteiger partial charge in [-0.15, -0.1) is 0 Å². The second-order valence-corrected chi connectivity index (χ2v) is 3.62. The molecule has 12 heavy (non-hydrogen) atoms. The zero-order valence-electron chi connectivity index (χ0n) is 8.56. The third kappa shape index (κ3) is 2.23. The molecule has 0 heteroatoms. The molecule has 1 atom stereocenters. The third-order valence-corrected chi connectivity index (χ3v) is 2.75. The van der Waals surface area contributed by atoms with Crippen LogP contribution in [0.2, 0.25) is 0 Å². The lowest BCUT2D eigenvalue weighted by Gasteiger charge is -2.19. The Morgan fingerprint density at radius 1 is 1.25 bits per heavy atom. The molecule has 0 saturated carbocycles. The van der Waals surface area contributed by atoms with Crippen LogP contribution in [0, 0.1) is 5.92 Å². The molecule has 0 spiro atoms. The lowest BCUT2D eigenvalue weighted by Crippen LogP contribution is -2.03. The summed E-state index contributed by atoms with van der Waals surface area (Å²) in [6.07, 6.45) is 9.87. The van der Waals surface area contributed by atoms with E-state index in [1.807, 2.05) is 0 Å². The van der Waals surface area contributed by atoms with Crippen molar-refractivity contribution in [2.45, 2.75) is 46.5 Å². The Morgan fingerprint density at radius 2 is 2.00 bits per heavy atom. The molecule has 0 heterocycles. The van der Waals surface area contributed by atoms with Crippen molar-refractivity contribution in [1.82, 2.24) is 0 Å². The van der Waals surface area contributed by atoms with Gasteiger partial charge in [-0.2, -0.15) is 0 Å². The van der Waals surface area contributed by atoms with Crippen molar-refractivity contribution in [3.8, 4) is 0 Å². The Morgan fingerprint density at radius 3 is 2.50 bits per heavy atom. The third-order valence-electron chi connectivity index (χ3n) is 2.75. The van der Waals surface area contributed by atoms with Gasteiger partial charge in [0, 0.05) is 0 Å².